The van der Waals surface area contributed by atoms with Gasteiger partial charge in [-0.25, -0.2) is 4.79 Å². The van der Waals surface area contributed by atoms with Crippen LogP contribution in [0.25, 0.3) is 10.9 Å². The summed E-state index contributed by atoms with van der Waals surface area (Å²) in [6, 6.07) is 3.22. The van der Waals surface area contributed by atoms with Crippen LogP contribution < -0.4 is 0 Å². The number of hydrogen-bond donors (Lipinski definition) is 1. The molecule has 94 valence electrons. The van der Waals surface area contributed by atoms with E-state index >= 15 is 0 Å². The largest absolute Gasteiger partial charge is 0.478 e. The van der Waals surface area contributed by atoms with Gasteiger partial charge in [0.25, 0.3) is 0 Å². The Kier molecular flexibility index (Phi) is 2.95. The Morgan fingerprint density at radius 1 is 1.39 bits per heavy atom. The van der Waals surface area contributed by atoms with Gasteiger partial charge in [0.2, 0.25) is 0 Å². The fourth-order valence-electron chi connectivity index (χ4n) is 2.52. The van der Waals surface area contributed by atoms with Gasteiger partial charge >= 0.3 is 5.97 Å². The van der Waals surface area contributed by atoms with E-state index in [1.165, 1.54) is 0 Å². The number of aromatic carboxylic acids is 1. The Hall–Kier alpha value is -2.10. The third kappa shape index (κ3) is 1.61. The van der Waals surface area contributed by atoms with Gasteiger partial charge in [0.05, 0.1) is 11.1 Å². The fraction of sp³-hybridized carbons (Fsp3) is 0.286. The van der Waals surface area contributed by atoms with Gasteiger partial charge < -0.3 is 9.67 Å². The number of carbonyl (C=O) groups is 2. The van der Waals surface area contributed by atoms with Gasteiger partial charge in [-0.05, 0) is 38.5 Å². The van der Waals surface area contributed by atoms with Crippen molar-refractivity contribution in [3.05, 3.63) is 34.5 Å². The van der Waals surface area contributed by atoms with Crippen molar-refractivity contribution in [2.75, 3.05) is 0 Å². The summed E-state index contributed by atoms with van der Waals surface area (Å²) in [7, 11) is 0. The van der Waals surface area contributed by atoms with E-state index in [0.29, 0.717) is 5.56 Å². The van der Waals surface area contributed by atoms with Crippen molar-refractivity contribution >= 4 is 23.2 Å². The zero-order chi connectivity index (χ0) is 13.4. The van der Waals surface area contributed by atoms with Crippen LogP contribution in [-0.4, -0.2) is 21.9 Å². The standard InChI is InChI=1S/C14H15NO3/c1-4-15-9(3)12(7-16)11-6-10(14(17)18)5-8(2)13(11)15/h5-7H,4H2,1-3H3,(H,17,18). The molecule has 0 radical (unpaired) electrons. The lowest BCUT2D eigenvalue weighted by Gasteiger charge is -2.07. The van der Waals surface area contributed by atoms with Crippen molar-refractivity contribution in [3.8, 4) is 0 Å². The number of benzene rings is 1. The average molecular weight is 245 g/mol. The minimum atomic E-state index is -0.973. The quantitative estimate of drug-likeness (QED) is 0.846. The summed E-state index contributed by atoms with van der Waals surface area (Å²) in [4.78, 5) is 22.3. The lowest BCUT2D eigenvalue weighted by atomic mass is 10.0. The highest BCUT2D eigenvalue weighted by Crippen LogP contribution is 2.28. The summed E-state index contributed by atoms with van der Waals surface area (Å²) < 4.78 is 2.04. The molecular weight excluding hydrogens is 230 g/mol. The van der Waals surface area contributed by atoms with Crippen molar-refractivity contribution < 1.29 is 14.7 Å². The molecule has 0 saturated carbocycles. The number of carboxylic acid groups (broad SMARTS) is 1. The number of carboxylic acids is 1. The maximum absolute atomic E-state index is 11.2. The van der Waals surface area contributed by atoms with Crippen molar-refractivity contribution in [1.29, 1.82) is 0 Å². The van der Waals surface area contributed by atoms with Gasteiger partial charge in [0.15, 0.2) is 6.29 Å². The van der Waals surface area contributed by atoms with Gasteiger partial charge in [-0.3, -0.25) is 4.79 Å². The Labute approximate surface area is 105 Å². The summed E-state index contributed by atoms with van der Waals surface area (Å²) in [6.45, 7) is 6.51. The summed E-state index contributed by atoms with van der Waals surface area (Å²) >= 11 is 0. The zero-order valence-electron chi connectivity index (χ0n) is 10.7. The van der Waals surface area contributed by atoms with Crippen LogP contribution in [0.5, 0.6) is 0 Å². The van der Waals surface area contributed by atoms with E-state index in [-0.39, 0.29) is 5.56 Å². The highest BCUT2D eigenvalue weighted by Gasteiger charge is 2.17. The predicted molar refractivity (Wildman–Crippen MR) is 69.4 cm³/mol. The first-order valence-corrected chi connectivity index (χ1v) is 5.83. The molecule has 4 heteroatoms. The topological polar surface area (TPSA) is 59.3 Å². The smallest absolute Gasteiger partial charge is 0.335 e. The summed E-state index contributed by atoms with van der Waals surface area (Å²) in [6.07, 6.45) is 0.800. The van der Waals surface area contributed by atoms with Gasteiger partial charge in [-0.1, -0.05) is 0 Å². The summed E-state index contributed by atoms with van der Waals surface area (Å²) in [5.74, 6) is -0.973. The second-order valence-corrected chi connectivity index (χ2v) is 4.36. The number of carbonyl (C=O) groups excluding carboxylic acids is 1. The molecule has 0 aliphatic carbocycles. The third-order valence-corrected chi connectivity index (χ3v) is 3.34. The molecule has 0 spiro atoms. The first-order valence-electron chi connectivity index (χ1n) is 5.83. The second-order valence-electron chi connectivity index (χ2n) is 4.36. The van der Waals surface area contributed by atoms with Gasteiger partial charge in [0, 0.05) is 23.2 Å². The lowest BCUT2D eigenvalue weighted by molar-refractivity contribution is 0.0696. The minimum Gasteiger partial charge on any atom is -0.478 e. The van der Waals surface area contributed by atoms with Crippen LogP contribution in [0.2, 0.25) is 0 Å². The van der Waals surface area contributed by atoms with Gasteiger partial charge in [-0.2, -0.15) is 0 Å². The molecule has 1 aromatic carbocycles. The van der Waals surface area contributed by atoms with Gasteiger partial charge in [0.1, 0.15) is 0 Å². The Morgan fingerprint density at radius 2 is 2.06 bits per heavy atom. The molecule has 0 fully saturated rings. The number of aromatic nitrogens is 1. The number of rotatable bonds is 3. The van der Waals surface area contributed by atoms with E-state index in [1.54, 1.807) is 12.1 Å². The molecule has 0 aliphatic rings. The molecule has 0 aliphatic heterocycles. The van der Waals surface area contributed by atoms with Crippen LogP contribution in [0.1, 0.15) is 38.9 Å². The minimum absolute atomic E-state index is 0.219. The van der Waals surface area contributed by atoms with E-state index in [9.17, 15) is 9.59 Å². The summed E-state index contributed by atoms with van der Waals surface area (Å²) in [5, 5.41) is 9.79. The monoisotopic (exact) mass is 245 g/mol. The maximum atomic E-state index is 11.2. The highest BCUT2D eigenvalue weighted by atomic mass is 16.4. The maximum Gasteiger partial charge on any atom is 0.335 e. The van der Waals surface area contributed by atoms with E-state index < -0.39 is 5.97 Å². The number of aryl methyl sites for hydroxylation is 2. The Balaban J connectivity index is 2.95. The van der Waals surface area contributed by atoms with Crippen LogP contribution in [0.4, 0.5) is 0 Å². The highest BCUT2D eigenvalue weighted by molar-refractivity contribution is 6.04. The number of fused-ring (bicyclic) bond motifs is 1. The molecule has 1 aromatic heterocycles. The molecule has 0 bridgehead atoms. The number of hydrogen-bond acceptors (Lipinski definition) is 2. The number of aldehydes is 1. The van der Waals surface area contributed by atoms with Crippen molar-refractivity contribution in [3.63, 3.8) is 0 Å². The summed E-state index contributed by atoms with van der Waals surface area (Å²) in [5.41, 5.74) is 3.51. The first-order chi connectivity index (χ1) is 8.51. The van der Waals surface area contributed by atoms with Crippen LogP contribution in [0.3, 0.4) is 0 Å². The second kappa shape index (κ2) is 4.29. The zero-order valence-corrected chi connectivity index (χ0v) is 10.7. The van der Waals surface area contributed by atoms with E-state index in [0.717, 1.165) is 35.0 Å². The van der Waals surface area contributed by atoms with E-state index in [4.69, 9.17) is 5.11 Å². The molecule has 4 nitrogen and oxygen atoms in total. The van der Waals surface area contributed by atoms with Crippen LogP contribution in [-0.2, 0) is 6.54 Å². The van der Waals surface area contributed by atoms with Crippen molar-refractivity contribution in [2.24, 2.45) is 0 Å². The molecule has 1 N–H and O–H groups in total. The molecule has 0 saturated heterocycles. The van der Waals surface area contributed by atoms with E-state index in [2.05, 4.69) is 0 Å². The van der Waals surface area contributed by atoms with Crippen molar-refractivity contribution in [1.82, 2.24) is 4.57 Å². The molecule has 2 rings (SSSR count). The fourth-order valence-corrected chi connectivity index (χ4v) is 2.52. The van der Waals surface area contributed by atoms with Crippen molar-refractivity contribution in [2.45, 2.75) is 27.3 Å². The molecule has 0 atom stereocenters. The number of nitrogens with zero attached hydrogens (tertiary/aromatic N) is 1. The third-order valence-electron chi connectivity index (χ3n) is 3.34. The Bertz CT molecular complexity index is 653. The first kappa shape index (κ1) is 12.4. The average Bonchev–Trinajstić information content (AvgIpc) is 2.60. The van der Waals surface area contributed by atoms with E-state index in [1.807, 2.05) is 25.3 Å². The molecule has 1 heterocycles. The molecule has 0 amide bonds. The molecule has 18 heavy (non-hydrogen) atoms. The SMILES string of the molecule is CCn1c(C)c(C=O)c2cc(C(=O)O)cc(C)c21. The molecular formula is C14H15NO3. The van der Waals surface area contributed by atoms with Crippen LogP contribution in [0.15, 0.2) is 12.1 Å². The molecule has 2 aromatic rings. The van der Waals surface area contributed by atoms with Gasteiger partial charge in [-0.15, -0.1) is 0 Å². The Morgan fingerprint density at radius 3 is 2.56 bits per heavy atom. The van der Waals surface area contributed by atoms with Crippen LogP contribution >= 0.6 is 0 Å². The lowest BCUT2D eigenvalue weighted by Crippen LogP contribution is -2.00. The molecule has 0 unspecified atom stereocenters. The normalized spacial score (nSPS) is 10.8. The predicted octanol–water partition coefficient (Wildman–Crippen LogP) is 2.79. The van der Waals surface area contributed by atoms with Crippen LogP contribution in [0, 0.1) is 13.8 Å².